The second-order valence-corrected chi connectivity index (χ2v) is 20.7. The number of benzene rings is 2. The van der Waals surface area contributed by atoms with E-state index in [-0.39, 0.29) is 23.9 Å². The van der Waals surface area contributed by atoms with Crippen LogP contribution in [-0.2, 0) is 55.4 Å². The molecule has 0 unspecified atom stereocenters. The molecule has 0 aliphatic carbocycles. The van der Waals surface area contributed by atoms with Crippen molar-refractivity contribution < 1.29 is 62.9 Å². The molecule has 1 amide bonds. The van der Waals surface area contributed by atoms with Gasteiger partial charge in [-0.25, -0.2) is 5.26 Å². The van der Waals surface area contributed by atoms with Crippen LogP contribution in [0.3, 0.4) is 0 Å². The average Bonchev–Trinajstić information content (AvgIpc) is 3.58. The number of unbranched alkanes of at least 4 members (excludes halogenated alkanes) is 2. The van der Waals surface area contributed by atoms with Crippen LogP contribution in [0.25, 0.3) is 0 Å². The number of carbonyl (C=O) groups excluding carboxylic acids is 1. The quantitative estimate of drug-likeness (QED) is 0.0246. The zero-order chi connectivity index (χ0) is 43.5. The lowest BCUT2D eigenvalue weighted by atomic mass is 9.70. The van der Waals surface area contributed by atoms with E-state index < -0.39 is 52.9 Å². The molecule has 2 spiro atoms. The molecule has 4 aliphatic heterocycles. The van der Waals surface area contributed by atoms with Gasteiger partial charge >= 0.3 is 0 Å². The van der Waals surface area contributed by atoms with E-state index in [4.69, 9.17) is 9.59 Å². The molecule has 0 atom stereocenters. The number of nitrogens with zero attached hydrogens (tertiary/aromatic N) is 4. The molecule has 2 saturated heterocycles. The van der Waals surface area contributed by atoms with E-state index in [0.29, 0.717) is 75.2 Å². The van der Waals surface area contributed by atoms with Crippen LogP contribution in [0, 0.1) is 0 Å². The fourth-order valence-electron chi connectivity index (χ4n) is 9.33. The molecule has 5 N–H and O–H groups in total. The molecule has 4 heterocycles. The summed E-state index contributed by atoms with van der Waals surface area (Å²) in [6.45, 7) is 4.28. The summed E-state index contributed by atoms with van der Waals surface area (Å²) in [4.78, 5) is 17.6. The van der Waals surface area contributed by atoms with Gasteiger partial charge in [0, 0.05) is 85.0 Å². The fraction of sp³-hybridized carbons (Fsp3) is 0.514. The predicted molar refractivity (Wildman–Crippen MR) is 227 cm³/mol. The van der Waals surface area contributed by atoms with Gasteiger partial charge in [0.15, 0.2) is 5.71 Å². The first kappa shape index (κ1) is 46.6. The minimum atomic E-state index is -4.56. The van der Waals surface area contributed by atoms with E-state index in [1.54, 1.807) is 15.9 Å². The van der Waals surface area contributed by atoms with Crippen LogP contribution < -0.4 is 9.62 Å². The number of thiol groups is 1. The number of piperidine rings is 2. The minimum absolute atomic E-state index is 0.172. The highest BCUT2D eigenvalue weighted by Gasteiger charge is 2.53. The number of hydrogen-bond donors (Lipinski definition) is 6. The Hall–Kier alpha value is -2.91. The number of rotatable bonds is 17. The van der Waals surface area contributed by atoms with Crippen LogP contribution in [0.2, 0.25) is 0 Å². The number of fused-ring (bicyclic) bond motifs is 4. The highest BCUT2D eigenvalue weighted by atomic mass is 32.2. The van der Waals surface area contributed by atoms with Crippen LogP contribution in [-0.4, -0.2) is 121 Å². The molecule has 0 bridgehead atoms. The average molecular weight is 933 g/mol. The van der Waals surface area contributed by atoms with E-state index in [1.807, 2.05) is 43.4 Å². The van der Waals surface area contributed by atoms with Gasteiger partial charge in [0.25, 0.3) is 30.4 Å². The number of likely N-dealkylation sites (N-methyl/N-ethyl adjacent to an activating group) is 1. The summed E-state index contributed by atoms with van der Waals surface area (Å²) < 4.78 is 111. The van der Waals surface area contributed by atoms with Gasteiger partial charge in [0.05, 0.1) is 22.4 Å². The number of carbonyl (C=O) groups is 1. The predicted octanol–water partition coefficient (Wildman–Crippen LogP) is 4.32. The molecule has 18 nitrogen and oxygen atoms in total. The number of nitrogens with one attached hydrogen (secondary N) is 1. The number of allylic oxidation sites excluding steroid dienone is 4. The van der Waals surface area contributed by atoms with E-state index in [9.17, 15) is 43.7 Å². The summed E-state index contributed by atoms with van der Waals surface area (Å²) in [5, 5.41) is 12.8. The third-order valence-corrected chi connectivity index (χ3v) is 15.0. The number of amides is 1. The van der Waals surface area contributed by atoms with E-state index >= 15 is 0 Å². The molecule has 0 radical (unpaired) electrons. The molecule has 60 heavy (non-hydrogen) atoms. The molecule has 23 heteroatoms. The Morgan fingerprint density at radius 2 is 1.52 bits per heavy atom. The molecule has 6 rings (SSSR count). The number of likely N-dealkylation sites (tertiary alicyclic amines) is 2. The summed E-state index contributed by atoms with van der Waals surface area (Å²) in [6.07, 6.45) is 10.1. The van der Waals surface area contributed by atoms with Crippen LogP contribution in [0.1, 0.15) is 69.4 Å². The lowest BCUT2D eigenvalue weighted by Gasteiger charge is -2.41. The zero-order valence-electron chi connectivity index (χ0n) is 32.8. The van der Waals surface area contributed by atoms with Crippen molar-refractivity contribution in [1.29, 1.82) is 0 Å². The van der Waals surface area contributed by atoms with Crippen molar-refractivity contribution >= 4 is 78.2 Å². The molecule has 330 valence electrons. The Kier molecular flexibility index (Phi) is 14.6. The molecule has 2 aromatic rings. The second-order valence-electron chi connectivity index (χ2n) is 15.4. The first-order valence-electron chi connectivity index (χ1n) is 19.3. The smallest absolute Gasteiger partial charge is 0.294 e. The van der Waals surface area contributed by atoms with Crippen LogP contribution in [0.15, 0.2) is 70.1 Å². The Morgan fingerprint density at radius 3 is 2.08 bits per heavy atom. The first-order valence-corrected chi connectivity index (χ1v) is 25.2. The molecule has 0 aromatic heterocycles. The van der Waals surface area contributed by atoms with Crippen molar-refractivity contribution in [2.75, 3.05) is 55.9 Å². The van der Waals surface area contributed by atoms with Gasteiger partial charge in [-0.2, -0.15) is 29.8 Å². The summed E-state index contributed by atoms with van der Waals surface area (Å²) in [5.74, 6) is -1.23. The molecular weight excluding hydrogens is 883 g/mol. The Morgan fingerprint density at radius 1 is 0.883 bits per heavy atom. The molecule has 0 saturated carbocycles. The lowest BCUT2D eigenvalue weighted by Crippen LogP contribution is -2.47. The highest BCUT2D eigenvalue weighted by molar-refractivity contribution is 7.94. The molecular formula is C37H50N5O13S5+. The van der Waals surface area contributed by atoms with Crippen molar-refractivity contribution in [3.63, 3.8) is 0 Å². The zero-order valence-corrected chi connectivity index (χ0v) is 37.0. The summed E-state index contributed by atoms with van der Waals surface area (Å²) in [5.41, 5.74) is 3.65. The van der Waals surface area contributed by atoms with Crippen molar-refractivity contribution in [1.82, 2.24) is 14.5 Å². The molecule has 4 aliphatic rings. The summed E-state index contributed by atoms with van der Waals surface area (Å²) in [7, 11) is -13.1. The van der Waals surface area contributed by atoms with E-state index in [0.717, 1.165) is 53.2 Å². The monoisotopic (exact) mass is 932 g/mol. The third-order valence-electron chi connectivity index (χ3n) is 11.9. The minimum Gasteiger partial charge on any atom is -0.344 e. The van der Waals surface area contributed by atoms with Gasteiger partial charge in [-0.05, 0) is 87.4 Å². The van der Waals surface area contributed by atoms with Crippen molar-refractivity contribution in [3.8, 4) is 0 Å². The first-order chi connectivity index (χ1) is 28.3. The van der Waals surface area contributed by atoms with E-state index in [1.165, 1.54) is 12.1 Å². The molecule has 2 aromatic carbocycles. The number of anilines is 1. The normalized spacial score (nSPS) is 20.2. The van der Waals surface area contributed by atoms with Gasteiger partial charge < -0.3 is 9.62 Å². The van der Waals surface area contributed by atoms with Crippen LogP contribution >= 0.6 is 24.9 Å². The Labute approximate surface area is 360 Å². The van der Waals surface area contributed by atoms with Gasteiger partial charge in [0.1, 0.15) is 18.3 Å². The third kappa shape index (κ3) is 10.3. The molecule has 2 fully saturated rings. The van der Waals surface area contributed by atoms with Gasteiger partial charge in [0.2, 0.25) is 11.6 Å². The maximum atomic E-state index is 12.4. The SMILES string of the molecule is CCN1C(=CC=CC2=[N+](CCCCCC(=O)NS)c3ccc(SOOO)cc3C23CCN(CS(=O)(=O)O)CC3)C2(CCN(CS(=O)(=O)O)CC2)c2cc(S(=O)(=O)O)ccc21. The second kappa shape index (κ2) is 18.8. The topological polar surface area (TPSA) is 244 Å². The Balaban J connectivity index is 1.45. The maximum Gasteiger partial charge on any atom is 0.294 e. The van der Waals surface area contributed by atoms with Crippen LogP contribution in [0.5, 0.6) is 0 Å². The van der Waals surface area contributed by atoms with Gasteiger partial charge in [-0.3, -0.25) is 28.3 Å². The van der Waals surface area contributed by atoms with Gasteiger partial charge in [-0.1, -0.05) is 23.9 Å². The standard InChI is InChI=1S/C37H49N5O13S5/c1-2-41-31-13-11-28(60(51,52)53)24-30(31)37(16-21-40(22-17-37)26-59(48,49)50)33(41)7-6-8-34-36(14-19-39(20-15-36)25-58(45,46)47)29-23-27(57-55-54-44)10-12-32(29)42(34)18-5-3-4-9-35(43)38-56/h6-8,10-13,23-24H,2-5,9,14-22,25-26H2,1H3,(H5-,38,43,44,45,46,47,48,49,50,51,52,53,56)/p+1. The fourth-order valence-corrected chi connectivity index (χ4v) is 11.8. The van der Waals surface area contributed by atoms with Crippen LogP contribution in [0.4, 0.5) is 11.4 Å². The lowest BCUT2D eigenvalue weighted by molar-refractivity contribution is -0.438. The maximum absolute atomic E-state index is 12.4. The van der Waals surface area contributed by atoms with E-state index in [2.05, 4.69) is 32.1 Å². The largest absolute Gasteiger partial charge is 0.344 e. The summed E-state index contributed by atoms with van der Waals surface area (Å²) in [6, 6.07) is 10.2. The Bertz CT molecular complexity index is 2370. The van der Waals surface area contributed by atoms with Crippen molar-refractivity contribution in [2.24, 2.45) is 0 Å². The van der Waals surface area contributed by atoms with Gasteiger partial charge in [-0.15, -0.1) is 4.33 Å². The highest BCUT2D eigenvalue weighted by Crippen LogP contribution is 2.54. The van der Waals surface area contributed by atoms with Crippen molar-refractivity contribution in [3.05, 3.63) is 71.5 Å². The summed E-state index contributed by atoms with van der Waals surface area (Å²) >= 11 is 4.67. The number of hydrogen-bond acceptors (Lipinski definition) is 15. The van der Waals surface area contributed by atoms with Crippen molar-refractivity contribution in [2.45, 2.75) is 78.9 Å².